The van der Waals surface area contributed by atoms with Crippen molar-refractivity contribution >= 4 is 17.5 Å². The van der Waals surface area contributed by atoms with Crippen molar-refractivity contribution in [2.45, 2.75) is 57.7 Å². The Morgan fingerprint density at radius 1 is 1.14 bits per heavy atom. The van der Waals surface area contributed by atoms with Gasteiger partial charge < -0.3 is 19.9 Å². The number of methoxy groups -OCH3 is 2. The van der Waals surface area contributed by atoms with Gasteiger partial charge in [-0.25, -0.2) is 0 Å². The van der Waals surface area contributed by atoms with Crippen LogP contribution in [0.3, 0.4) is 0 Å². The van der Waals surface area contributed by atoms with E-state index in [0.29, 0.717) is 35.0 Å². The number of amides is 2. The molecule has 0 aliphatic heterocycles. The highest BCUT2D eigenvalue weighted by atomic mass is 16.5. The summed E-state index contributed by atoms with van der Waals surface area (Å²) in [5.74, 6) is 0.761. The van der Waals surface area contributed by atoms with E-state index in [1.165, 1.54) is 28.9 Å². The fourth-order valence-corrected chi connectivity index (χ4v) is 4.59. The van der Waals surface area contributed by atoms with Crippen LogP contribution in [0.1, 0.15) is 39.0 Å². The van der Waals surface area contributed by atoms with Crippen molar-refractivity contribution in [1.82, 2.24) is 25.5 Å². The van der Waals surface area contributed by atoms with E-state index in [0.717, 1.165) is 25.7 Å². The van der Waals surface area contributed by atoms with E-state index in [9.17, 15) is 14.7 Å². The molecule has 2 amide bonds. The van der Waals surface area contributed by atoms with E-state index < -0.39 is 11.9 Å². The molecule has 1 atom stereocenters. The average molecular weight is 509 g/mol. The van der Waals surface area contributed by atoms with Crippen LogP contribution in [0.15, 0.2) is 42.5 Å². The number of nitrogens with zero attached hydrogens (tertiary/aromatic N) is 5. The molecule has 2 aromatic carbocycles. The second kappa shape index (κ2) is 11.7. The van der Waals surface area contributed by atoms with Crippen molar-refractivity contribution in [2.24, 2.45) is 0 Å². The second-order valence-electron chi connectivity index (χ2n) is 8.91. The summed E-state index contributed by atoms with van der Waals surface area (Å²) in [6.07, 6.45) is 4.42. The van der Waals surface area contributed by atoms with Gasteiger partial charge in [0.1, 0.15) is 18.3 Å². The Labute approximate surface area is 215 Å². The van der Waals surface area contributed by atoms with Crippen molar-refractivity contribution < 1.29 is 24.2 Å². The summed E-state index contributed by atoms with van der Waals surface area (Å²) in [5.41, 5.74) is 1.06. The largest absolute Gasteiger partial charge is 0.508 e. The maximum Gasteiger partial charge on any atom is 0.251 e. The average Bonchev–Trinajstić information content (AvgIpc) is 3.59. The lowest BCUT2D eigenvalue weighted by molar-refractivity contribution is -0.127. The monoisotopic (exact) mass is 508 g/mol. The number of nitrogens with one attached hydrogen (secondary N) is 1. The standard InChI is InChI=1S/C26H32N6O5/c1-4-21(26(35)27-18-8-5-6-9-18)32(19-10-7-11-20(33)15-19)24(34)16-31-29-25(28-30-31)17-12-13-22(36-2)23(14-17)37-3/h7,10-15,18,21,33H,4-6,8-9,16H2,1-3H3,(H,27,35)/t21-/m0/s1. The Hall–Kier alpha value is -4.15. The van der Waals surface area contributed by atoms with Crippen LogP contribution in [0, 0.1) is 0 Å². The first-order chi connectivity index (χ1) is 17.9. The molecule has 1 heterocycles. The molecule has 2 N–H and O–H groups in total. The van der Waals surface area contributed by atoms with Crippen molar-refractivity contribution in [3.05, 3.63) is 42.5 Å². The van der Waals surface area contributed by atoms with Crippen LogP contribution in [0.25, 0.3) is 11.4 Å². The van der Waals surface area contributed by atoms with Crippen LogP contribution >= 0.6 is 0 Å². The molecule has 1 aliphatic carbocycles. The Balaban J connectivity index is 1.58. The molecular weight excluding hydrogens is 476 g/mol. The summed E-state index contributed by atoms with van der Waals surface area (Å²) in [6, 6.07) is 10.9. The van der Waals surface area contributed by atoms with Crippen molar-refractivity contribution in [1.29, 1.82) is 0 Å². The Morgan fingerprint density at radius 3 is 2.57 bits per heavy atom. The van der Waals surface area contributed by atoms with Crippen LogP contribution in [-0.4, -0.2) is 63.4 Å². The molecule has 1 saturated carbocycles. The molecule has 1 fully saturated rings. The zero-order valence-corrected chi connectivity index (χ0v) is 21.3. The Bertz CT molecular complexity index is 1240. The third-order valence-electron chi connectivity index (χ3n) is 6.45. The van der Waals surface area contributed by atoms with Crippen LogP contribution in [0.2, 0.25) is 0 Å². The molecule has 4 rings (SSSR count). The highest BCUT2D eigenvalue weighted by Crippen LogP contribution is 2.31. The first-order valence-electron chi connectivity index (χ1n) is 12.3. The van der Waals surface area contributed by atoms with Crippen molar-refractivity contribution in [2.75, 3.05) is 19.1 Å². The number of hydrogen-bond donors (Lipinski definition) is 2. The summed E-state index contributed by atoms with van der Waals surface area (Å²) < 4.78 is 10.6. The molecule has 37 heavy (non-hydrogen) atoms. The number of hydrogen-bond acceptors (Lipinski definition) is 8. The number of ether oxygens (including phenoxy) is 2. The number of anilines is 1. The molecule has 1 aromatic heterocycles. The zero-order chi connectivity index (χ0) is 26.4. The summed E-state index contributed by atoms with van der Waals surface area (Å²) in [5, 5.41) is 25.6. The van der Waals surface area contributed by atoms with E-state index in [-0.39, 0.29) is 24.2 Å². The SMILES string of the molecule is CC[C@@H](C(=O)NC1CCCC1)N(C(=O)Cn1nnc(-c2ccc(OC)c(OC)c2)n1)c1cccc(O)c1. The molecule has 0 unspecified atom stereocenters. The fourth-order valence-electron chi connectivity index (χ4n) is 4.59. The molecule has 11 heteroatoms. The van der Waals surface area contributed by atoms with Gasteiger partial charge in [-0.15, -0.1) is 10.2 Å². The van der Waals surface area contributed by atoms with E-state index >= 15 is 0 Å². The summed E-state index contributed by atoms with van der Waals surface area (Å²) >= 11 is 0. The van der Waals surface area contributed by atoms with E-state index in [4.69, 9.17) is 9.47 Å². The molecule has 0 bridgehead atoms. The molecule has 3 aromatic rings. The predicted octanol–water partition coefficient (Wildman–Crippen LogP) is 2.93. The third kappa shape index (κ3) is 5.99. The lowest BCUT2D eigenvalue weighted by atomic mass is 10.1. The van der Waals surface area contributed by atoms with E-state index in [1.54, 1.807) is 37.4 Å². The van der Waals surface area contributed by atoms with Gasteiger partial charge in [-0.3, -0.25) is 14.5 Å². The van der Waals surface area contributed by atoms with Crippen LogP contribution < -0.4 is 19.7 Å². The van der Waals surface area contributed by atoms with Gasteiger partial charge in [0, 0.05) is 23.4 Å². The van der Waals surface area contributed by atoms with Gasteiger partial charge in [0.25, 0.3) is 5.91 Å². The molecule has 0 radical (unpaired) electrons. The number of aromatic hydroxyl groups is 1. The van der Waals surface area contributed by atoms with Gasteiger partial charge in [-0.05, 0) is 54.8 Å². The first-order valence-corrected chi connectivity index (χ1v) is 12.3. The number of tetrazole rings is 1. The minimum Gasteiger partial charge on any atom is -0.508 e. The van der Waals surface area contributed by atoms with E-state index in [2.05, 4.69) is 20.7 Å². The number of aromatic nitrogens is 4. The molecular formula is C26H32N6O5. The number of carbonyl (C=O) groups excluding carboxylic acids is 2. The third-order valence-corrected chi connectivity index (χ3v) is 6.45. The minimum atomic E-state index is -0.760. The van der Waals surface area contributed by atoms with Gasteiger partial charge >= 0.3 is 0 Å². The van der Waals surface area contributed by atoms with Crippen molar-refractivity contribution in [3.8, 4) is 28.6 Å². The van der Waals surface area contributed by atoms with Gasteiger partial charge in [-0.1, -0.05) is 25.8 Å². The molecule has 196 valence electrons. The minimum absolute atomic E-state index is 0.00373. The molecule has 0 saturated heterocycles. The number of phenols is 1. The first kappa shape index (κ1) is 25.9. The summed E-state index contributed by atoms with van der Waals surface area (Å²) in [7, 11) is 3.08. The van der Waals surface area contributed by atoms with Gasteiger partial charge in [0.05, 0.1) is 14.2 Å². The normalized spacial score (nSPS) is 14.2. The molecule has 1 aliphatic rings. The van der Waals surface area contributed by atoms with Crippen LogP contribution in [-0.2, 0) is 16.1 Å². The maximum absolute atomic E-state index is 13.6. The summed E-state index contributed by atoms with van der Waals surface area (Å²) in [6.45, 7) is 1.61. The maximum atomic E-state index is 13.6. The smallest absolute Gasteiger partial charge is 0.251 e. The van der Waals surface area contributed by atoms with Gasteiger partial charge in [0.15, 0.2) is 11.5 Å². The Morgan fingerprint density at radius 2 is 1.89 bits per heavy atom. The number of benzene rings is 2. The Kier molecular flexibility index (Phi) is 8.22. The van der Waals surface area contributed by atoms with Crippen LogP contribution in [0.4, 0.5) is 5.69 Å². The van der Waals surface area contributed by atoms with Crippen molar-refractivity contribution in [3.63, 3.8) is 0 Å². The topological polar surface area (TPSA) is 132 Å². The quantitative estimate of drug-likeness (QED) is 0.427. The van der Waals surface area contributed by atoms with Gasteiger partial charge in [0.2, 0.25) is 11.7 Å². The summed E-state index contributed by atoms with van der Waals surface area (Å²) in [4.78, 5) is 29.4. The second-order valence-corrected chi connectivity index (χ2v) is 8.91. The molecule has 11 nitrogen and oxygen atoms in total. The van der Waals surface area contributed by atoms with Crippen LogP contribution in [0.5, 0.6) is 17.2 Å². The van der Waals surface area contributed by atoms with Gasteiger partial charge in [-0.2, -0.15) is 4.80 Å². The highest BCUT2D eigenvalue weighted by Gasteiger charge is 2.32. The lowest BCUT2D eigenvalue weighted by Gasteiger charge is -2.31. The highest BCUT2D eigenvalue weighted by molar-refractivity contribution is 6.00. The molecule has 0 spiro atoms. The zero-order valence-electron chi connectivity index (χ0n) is 21.3. The lowest BCUT2D eigenvalue weighted by Crippen LogP contribution is -2.52. The number of carbonyl (C=O) groups is 2. The number of phenolic OH excluding ortho intramolecular Hbond substituents is 1. The fraction of sp³-hybridized carbons (Fsp3) is 0.423. The predicted molar refractivity (Wildman–Crippen MR) is 136 cm³/mol. The number of rotatable bonds is 10. The van der Waals surface area contributed by atoms with E-state index in [1.807, 2.05) is 6.92 Å².